The largest absolute Gasteiger partial charge is 0.449 e. The first-order valence-electron chi connectivity index (χ1n) is 10.4. The van der Waals surface area contributed by atoms with E-state index in [0.717, 1.165) is 34.4 Å². The van der Waals surface area contributed by atoms with Crippen molar-refractivity contribution in [3.8, 4) is 11.1 Å². The number of ether oxygens (including phenoxy) is 1. The first-order chi connectivity index (χ1) is 15.5. The summed E-state index contributed by atoms with van der Waals surface area (Å²) < 4.78 is 18.6. The fraction of sp³-hybridized carbons (Fsp3) is 0.240. The van der Waals surface area contributed by atoms with Gasteiger partial charge in [0.2, 0.25) is 0 Å². The zero-order chi connectivity index (χ0) is 22.7. The van der Waals surface area contributed by atoms with Crippen LogP contribution in [0, 0.1) is 5.82 Å². The normalized spacial score (nSPS) is 14.4. The lowest BCUT2D eigenvalue weighted by atomic mass is 9.98. The van der Waals surface area contributed by atoms with Crippen molar-refractivity contribution >= 4 is 17.7 Å². The van der Waals surface area contributed by atoms with Gasteiger partial charge in [-0.1, -0.05) is 66.2 Å². The van der Waals surface area contributed by atoms with E-state index in [9.17, 15) is 19.4 Å². The average molecular weight is 456 g/mol. The molecule has 3 aromatic carbocycles. The lowest BCUT2D eigenvalue weighted by Crippen LogP contribution is -2.30. The van der Waals surface area contributed by atoms with E-state index in [1.165, 1.54) is 6.07 Å². The number of hydrogen-bond donors (Lipinski definition) is 3. The van der Waals surface area contributed by atoms with E-state index < -0.39 is 24.1 Å². The zero-order valence-corrected chi connectivity index (χ0v) is 17.9. The summed E-state index contributed by atoms with van der Waals surface area (Å²) in [5, 5.41) is 23.1. The number of carbonyl (C=O) groups is 1. The minimum Gasteiger partial charge on any atom is -0.449 e. The Balaban J connectivity index is 1.29. The molecule has 0 aromatic heterocycles. The number of hydrogen-bond acceptors (Lipinski definition) is 4. The van der Waals surface area contributed by atoms with Gasteiger partial charge in [-0.25, -0.2) is 9.18 Å². The predicted octanol–water partition coefficient (Wildman–Crippen LogP) is 4.80. The lowest BCUT2D eigenvalue weighted by Gasteiger charge is -2.19. The summed E-state index contributed by atoms with van der Waals surface area (Å²) in [5.74, 6) is -0.571. The van der Waals surface area contributed by atoms with E-state index in [4.69, 9.17) is 16.3 Å². The van der Waals surface area contributed by atoms with Crippen LogP contribution in [-0.4, -0.2) is 35.6 Å². The molecule has 7 heteroatoms. The highest BCUT2D eigenvalue weighted by Gasteiger charge is 2.29. The molecule has 0 saturated carbocycles. The lowest BCUT2D eigenvalue weighted by molar-refractivity contribution is 0.0137. The number of carbonyl (C=O) groups excluding carboxylic acids is 1. The first-order valence-corrected chi connectivity index (χ1v) is 10.7. The fourth-order valence-corrected chi connectivity index (χ4v) is 4.36. The summed E-state index contributed by atoms with van der Waals surface area (Å²) in [5.41, 5.74) is 4.76. The van der Waals surface area contributed by atoms with Crippen molar-refractivity contribution in [3.63, 3.8) is 0 Å². The van der Waals surface area contributed by atoms with Crippen LogP contribution in [0.3, 0.4) is 0 Å². The molecule has 0 saturated heterocycles. The smallest absolute Gasteiger partial charge is 0.407 e. The van der Waals surface area contributed by atoms with Gasteiger partial charge >= 0.3 is 6.09 Å². The molecular formula is C25H23ClFNO4. The third-order valence-electron chi connectivity index (χ3n) is 5.70. The van der Waals surface area contributed by atoms with E-state index in [0.29, 0.717) is 0 Å². The van der Waals surface area contributed by atoms with Gasteiger partial charge in [0.05, 0.1) is 6.10 Å². The average Bonchev–Trinajstić information content (AvgIpc) is 3.11. The standard InChI is InChI=1S/C25H23ClFNO4/c26-22-13-15(27)9-10-20(22)24(30)23(29)11-12-28-25(31)32-14-21-18-7-3-1-5-16(18)17-6-2-4-8-19(17)21/h1-10,13,21,23-24,29-30H,11-12,14H2,(H,28,31). The number of alkyl carbamates (subject to hydrolysis) is 1. The van der Waals surface area contributed by atoms with E-state index in [1.54, 1.807) is 0 Å². The number of rotatable bonds is 7. The molecule has 0 fully saturated rings. The second kappa shape index (κ2) is 9.69. The van der Waals surface area contributed by atoms with Crippen molar-refractivity contribution in [1.29, 1.82) is 0 Å². The van der Waals surface area contributed by atoms with Crippen LogP contribution in [0.5, 0.6) is 0 Å². The van der Waals surface area contributed by atoms with Crippen molar-refractivity contribution in [2.75, 3.05) is 13.2 Å². The summed E-state index contributed by atoms with van der Waals surface area (Å²) in [4.78, 5) is 12.2. The number of aliphatic hydroxyl groups excluding tert-OH is 2. The summed E-state index contributed by atoms with van der Waals surface area (Å²) in [6.45, 7) is 0.282. The number of fused-ring (bicyclic) bond motifs is 3. The van der Waals surface area contributed by atoms with Crippen molar-refractivity contribution in [2.24, 2.45) is 0 Å². The maximum atomic E-state index is 13.2. The quantitative estimate of drug-likeness (QED) is 0.478. The minimum absolute atomic E-state index is 0.0287. The second-order valence-corrected chi connectivity index (χ2v) is 8.13. The van der Waals surface area contributed by atoms with E-state index in [-0.39, 0.29) is 36.1 Å². The summed E-state index contributed by atoms with van der Waals surface area (Å²) in [6, 6.07) is 19.7. The van der Waals surface area contributed by atoms with Gasteiger partial charge in [-0.2, -0.15) is 0 Å². The van der Waals surface area contributed by atoms with Gasteiger partial charge in [0, 0.05) is 23.0 Å². The van der Waals surface area contributed by atoms with Crippen LogP contribution in [0.4, 0.5) is 9.18 Å². The fourth-order valence-electron chi connectivity index (χ4n) is 4.08. The van der Waals surface area contributed by atoms with Crippen molar-refractivity contribution in [1.82, 2.24) is 5.32 Å². The Bertz CT molecular complexity index is 1080. The van der Waals surface area contributed by atoms with Gasteiger partial charge in [0.1, 0.15) is 18.5 Å². The highest BCUT2D eigenvalue weighted by molar-refractivity contribution is 6.31. The molecule has 3 aromatic rings. The summed E-state index contributed by atoms with van der Waals surface area (Å²) in [7, 11) is 0. The minimum atomic E-state index is -1.30. The molecule has 4 rings (SSSR count). The monoisotopic (exact) mass is 455 g/mol. The van der Waals surface area contributed by atoms with Crippen LogP contribution in [-0.2, 0) is 4.74 Å². The molecule has 0 spiro atoms. The molecule has 1 aliphatic rings. The number of nitrogens with one attached hydrogen (secondary N) is 1. The van der Waals surface area contributed by atoms with Crippen LogP contribution in [0.25, 0.3) is 11.1 Å². The van der Waals surface area contributed by atoms with Gasteiger partial charge in [-0.15, -0.1) is 0 Å². The highest BCUT2D eigenvalue weighted by Crippen LogP contribution is 2.44. The molecule has 0 radical (unpaired) electrons. The Hall–Kier alpha value is -2.93. The van der Waals surface area contributed by atoms with Crippen LogP contribution in [0.1, 0.15) is 35.1 Å². The van der Waals surface area contributed by atoms with E-state index in [1.807, 2.05) is 36.4 Å². The Morgan fingerprint density at radius 2 is 1.66 bits per heavy atom. The number of amides is 1. The van der Waals surface area contributed by atoms with Gasteiger partial charge in [0.25, 0.3) is 0 Å². The maximum absolute atomic E-state index is 13.2. The highest BCUT2D eigenvalue weighted by atomic mass is 35.5. The Morgan fingerprint density at radius 3 is 2.28 bits per heavy atom. The first kappa shape index (κ1) is 22.3. The molecule has 166 valence electrons. The van der Waals surface area contributed by atoms with E-state index in [2.05, 4.69) is 17.4 Å². The Labute approximate surface area is 190 Å². The van der Waals surface area contributed by atoms with Crippen molar-refractivity contribution in [2.45, 2.75) is 24.5 Å². The van der Waals surface area contributed by atoms with Crippen LogP contribution in [0.15, 0.2) is 66.7 Å². The van der Waals surface area contributed by atoms with Crippen molar-refractivity contribution in [3.05, 3.63) is 94.3 Å². The van der Waals surface area contributed by atoms with Crippen molar-refractivity contribution < 1.29 is 24.1 Å². The van der Waals surface area contributed by atoms with Crippen LogP contribution >= 0.6 is 11.6 Å². The third-order valence-corrected chi connectivity index (χ3v) is 6.03. The molecule has 0 heterocycles. The molecule has 5 nitrogen and oxygen atoms in total. The van der Waals surface area contributed by atoms with Gasteiger partial charge in [-0.05, 0) is 40.8 Å². The van der Waals surface area contributed by atoms with Gasteiger partial charge in [-0.3, -0.25) is 0 Å². The molecule has 3 N–H and O–H groups in total. The molecule has 1 amide bonds. The molecule has 0 bridgehead atoms. The number of benzene rings is 3. The SMILES string of the molecule is O=C(NCCC(O)C(O)c1ccc(F)cc1Cl)OCC1c2ccccc2-c2ccccc21. The summed E-state index contributed by atoms with van der Waals surface area (Å²) in [6.07, 6.45) is -3.02. The Kier molecular flexibility index (Phi) is 6.74. The molecule has 2 atom stereocenters. The van der Waals surface area contributed by atoms with Gasteiger partial charge < -0.3 is 20.3 Å². The topological polar surface area (TPSA) is 78.8 Å². The van der Waals surface area contributed by atoms with Gasteiger partial charge in [0.15, 0.2) is 0 Å². The molecule has 0 aliphatic heterocycles. The second-order valence-electron chi connectivity index (χ2n) is 7.72. The number of aliphatic hydroxyl groups is 2. The molecule has 1 aliphatic carbocycles. The molecule has 2 unspecified atom stereocenters. The predicted molar refractivity (Wildman–Crippen MR) is 120 cm³/mol. The summed E-state index contributed by atoms with van der Waals surface area (Å²) >= 11 is 5.93. The Morgan fingerprint density at radius 1 is 1.03 bits per heavy atom. The number of halogens is 2. The van der Waals surface area contributed by atoms with E-state index >= 15 is 0 Å². The zero-order valence-electron chi connectivity index (χ0n) is 17.2. The molecular weight excluding hydrogens is 433 g/mol. The van der Waals surface area contributed by atoms with Crippen LogP contribution < -0.4 is 5.32 Å². The maximum Gasteiger partial charge on any atom is 0.407 e. The van der Waals surface area contributed by atoms with Crippen LogP contribution in [0.2, 0.25) is 5.02 Å². The molecule has 32 heavy (non-hydrogen) atoms. The third kappa shape index (κ3) is 4.63.